The molecule has 6 nitrogen and oxygen atoms in total. The number of nitrogens with one attached hydrogen (secondary N) is 1. The number of hydrogen-bond acceptors (Lipinski definition) is 7. The van der Waals surface area contributed by atoms with Crippen LogP contribution in [0, 0.1) is 6.92 Å². The van der Waals surface area contributed by atoms with E-state index in [1.807, 2.05) is 0 Å². The number of aliphatic hydroxyl groups is 1. The molecule has 0 aromatic carbocycles. The fourth-order valence-corrected chi connectivity index (χ4v) is 3.35. The second-order valence-corrected chi connectivity index (χ2v) is 6.07. The summed E-state index contributed by atoms with van der Waals surface area (Å²) in [6.45, 7) is 3.57. The summed E-state index contributed by atoms with van der Waals surface area (Å²) in [5.74, 6) is 6.72. The number of hydrazine groups is 1. The minimum atomic E-state index is -0.284. The van der Waals surface area contributed by atoms with Crippen LogP contribution in [-0.2, 0) is 0 Å². The fraction of sp³-hybridized carbons (Fsp3) is 0.500. The molecular formula is C12H17N5OS. The summed E-state index contributed by atoms with van der Waals surface area (Å²) >= 11 is 1.62. The average Bonchev–Trinajstić information content (AvgIpc) is 2.77. The third-order valence-corrected chi connectivity index (χ3v) is 4.27. The van der Waals surface area contributed by atoms with E-state index in [2.05, 4.69) is 33.3 Å². The van der Waals surface area contributed by atoms with Gasteiger partial charge in [0.25, 0.3) is 0 Å². The molecular weight excluding hydrogens is 262 g/mol. The third kappa shape index (κ3) is 2.36. The minimum Gasteiger partial charge on any atom is -0.391 e. The van der Waals surface area contributed by atoms with E-state index in [1.165, 1.54) is 4.88 Å². The highest BCUT2D eigenvalue weighted by atomic mass is 32.1. The number of β-amino-alcohol motifs (C(OH)–C–C–N with tert-alkyl or cyclic N) is 1. The van der Waals surface area contributed by atoms with Crippen molar-refractivity contribution in [2.75, 3.05) is 23.4 Å². The summed E-state index contributed by atoms with van der Waals surface area (Å²) < 4.78 is 0. The van der Waals surface area contributed by atoms with Gasteiger partial charge in [0, 0.05) is 18.0 Å². The molecule has 0 saturated carbocycles. The van der Waals surface area contributed by atoms with Gasteiger partial charge in [-0.3, -0.25) is 5.43 Å². The molecule has 0 amide bonds. The summed E-state index contributed by atoms with van der Waals surface area (Å²) in [4.78, 5) is 13.1. The van der Waals surface area contributed by atoms with Crippen LogP contribution in [-0.4, -0.2) is 34.3 Å². The van der Waals surface area contributed by atoms with Crippen LogP contribution in [0.1, 0.15) is 17.7 Å². The van der Waals surface area contributed by atoms with Crippen LogP contribution in [0.2, 0.25) is 0 Å². The lowest BCUT2D eigenvalue weighted by Gasteiger charge is -2.31. The van der Waals surface area contributed by atoms with E-state index >= 15 is 0 Å². The molecule has 1 aliphatic heterocycles. The van der Waals surface area contributed by atoms with E-state index < -0.39 is 0 Å². The zero-order chi connectivity index (χ0) is 13.4. The Bertz CT molecular complexity index is 599. The van der Waals surface area contributed by atoms with Gasteiger partial charge in [-0.2, -0.15) is 4.98 Å². The Balaban J connectivity index is 2.09. The van der Waals surface area contributed by atoms with Gasteiger partial charge in [-0.15, -0.1) is 11.3 Å². The molecule has 0 radical (unpaired) electrons. The Morgan fingerprint density at radius 1 is 1.53 bits per heavy atom. The molecule has 1 aliphatic rings. The molecule has 2 aromatic rings. The Labute approximate surface area is 115 Å². The maximum absolute atomic E-state index is 9.82. The third-order valence-electron chi connectivity index (χ3n) is 3.32. The molecule has 4 N–H and O–H groups in total. The number of piperidine rings is 1. The molecule has 102 valence electrons. The molecule has 7 heteroatoms. The molecule has 19 heavy (non-hydrogen) atoms. The first-order chi connectivity index (χ1) is 9.17. The SMILES string of the molecule is Cc1cc2c(N3CCCC(O)C3)nc(NN)nc2s1. The lowest BCUT2D eigenvalue weighted by Crippen LogP contribution is -2.39. The lowest BCUT2D eigenvalue weighted by atomic mass is 10.1. The van der Waals surface area contributed by atoms with Gasteiger partial charge in [-0.25, -0.2) is 10.8 Å². The van der Waals surface area contributed by atoms with Crippen molar-refractivity contribution in [3.63, 3.8) is 0 Å². The molecule has 3 rings (SSSR count). The monoisotopic (exact) mass is 279 g/mol. The van der Waals surface area contributed by atoms with Crippen molar-refractivity contribution in [2.45, 2.75) is 25.9 Å². The minimum absolute atomic E-state index is 0.284. The van der Waals surface area contributed by atoms with Crippen molar-refractivity contribution < 1.29 is 5.11 Å². The Morgan fingerprint density at radius 3 is 3.11 bits per heavy atom. The summed E-state index contributed by atoms with van der Waals surface area (Å²) in [6, 6.07) is 2.09. The lowest BCUT2D eigenvalue weighted by molar-refractivity contribution is 0.154. The van der Waals surface area contributed by atoms with E-state index in [1.54, 1.807) is 11.3 Å². The molecule has 1 fully saturated rings. The number of nitrogens with two attached hydrogens (primary N) is 1. The van der Waals surface area contributed by atoms with Crippen LogP contribution >= 0.6 is 11.3 Å². The molecule has 0 bridgehead atoms. The zero-order valence-electron chi connectivity index (χ0n) is 10.8. The summed E-state index contributed by atoms with van der Waals surface area (Å²) in [7, 11) is 0. The summed E-state index contributed by atoms with van der Waals surface area (Å²) in [6.07, 6.45) is 1.55. The zero-order valence-corrected chi connectivity index (χ0v) is 11.6. The van der Waals surface area contributed by atoms with Crippen molar-refractivity contribution >= 4 is 33.3 Å². The van der Waals surface area contributed by atoms with Crippen LogP contribution in [0.5, 0.6) is 0 Å². The number of thiophene rings is 1. The number of anilines is 2. The van der Waals surface area contributed by atoms with Gasteiger partial charge in [0.05, 0.1) is 11.5 Å². The highest BCUT2D eigenvalue weighted by Gasteiger charge is 2.22. The van der Waals surface area contributed by atoms with Crippen LogP contribution in [0.25, 0.3) is 10.2 Å². The standard InChI is InChI=1S/C12H17N5OS/c1-7-5-9-10(17-4-2-3-8(18)6-17)14-12(16-13)15-11(9)19-7/h5,8,18H,2-4,6,13H2,1H3,(H,14,15,16). The number of aromatic nitrogens is 2. The maximum Gasteiger partial charge on any atom is 0.240 e. The van der Waals surface area contributed by atoms with Gasteiger partial charge in [0.1, 0.15) is 10.6 Å². The highest BCUT2D eigenvalue weighted by molar-refractivity contribution is 7.18. The molecule has 0 spiro atoms. The van der Waals surface area contributed by atoms with Crippen LogP contribution < -0.4 is 16.2 Å². The largest absolute Gasteiger partial charge is 0.391 e. The van der Waals surface area contributed by atoms with Crippen molar-refractivity contribution in [1.82, 2.24) is 9.97 Å². The predicted octanol–water partition coefficient (Wildman–Crippen LogP) is 1.25. The van der Waals surface area contributed by atoms with Crippen molar-refractivity contribution in [1.29, 1.82) is 0 Å². The predicted molar refractivity (Wildman–Crippen MR) is 77.4 cm³/mol. The van der Waals surface area contributed by atoms with Gasteiger partial charge in [-0.1, -0.05) is 0 Å². The Hall–Kier alpha value is -1.44. The van der Waals surface area contributed by atoms with Crippen LogP contribution in [0.3, 0.4) is 0 Å². The van der Waals surface area contributed by atoms with E-state index in [0.717, 1.165) is 35.4 Å². The second kappa shape index (κ2) is 4.92. The van der Waals surface area contributed by atoms with E-state index in [0.29, 0.717) is 12.5 Å². The maximum atomic E-state index is 9.82. The molecule has 1 atom stereocenters. The topological polar surface area (TPSA) is 87.3 Å². The van der Waals surface area contributed by atoms with E-state index in [4.69, 9.17) is 5.84 Å². The number of aryl methyl sites for hydroxylation is 1. The van der Waals surface area contributed by atoms with E-state index in [-0.39, 0.29) is 6.10 Å². The molecule has 2 aromatic heterocycles. The number of fused-ring (bicyclic) bond motifs is 1. The number of hydrogen-bond donors (Lipinski definition) is 3. The van der Waals surface area contributed by atoms with Gasteiger partial charge in [0.2, 0.25) is 5.95 Å². The average molecular weight is 279 g/mol. The number of nitrogens with zero attached hydrogens (tertiary/aromatic N) is 3. The van der Waals surface area contributed by atoms with Crippen LogP contribution in [0.4, 0.5) is 11.8 Å². The Kier molecular flexibility index (Phi) is 3.26. The molecule has 3 heterocycles. The molecule has 1 unspecified atom stereocenters. The normalized spacial score (nSPS) is 19.9. The molecule has 1 saturated heterocycles. The van der Waals surface area contributed by atoms with Gasteiger partial charge < -0.3 is 10.0 Å². The Morgan fingerprint density at radius 2 is 2.37 bits per heavy atom. The van der Waals surface area contributed by atoms with Gasteiger partial charge in [-0.05, 0) is 25.8 Å². The number of aliphatic hydroxyl groups excluding tert-OH is 1. The smallest absolute Gasteiger partial charge is 0.240 e. The number of nitrogen functional groups attached to an aromatic ring is 1. The first kappa shape index (κ1) is 12.6. The van der Waals surface area contributed by atoms with Gasteiger partial charge in [0.15, 0.2) is 0 Å². The quantitative estimate of drug-likeness (QED) is 0.566. The fourth-order valence-electron chi connectivity index (χ4n) is 2.48. The van der Waals surface area contributed by atoms with Crippen LogP contribution in [0.15, 0.2) is 6.07 Å². The highest BCUT2D eigenvalue weighted by Crippen LogP contribution is 2.32. The van der Waals surface area contributed by atoms with E-state index in [9.17, 15) is 5.11 Å². The number of rotatable bonds is 2. The molecule has 0 aliphatic carbocycles. The van der Waals surface area contributed by atoms with Crippen molar-refractivity contribution in [2.24, 2.45) is 5.84 Å². The van der Waals surface area contributed by atoms with Crippen molar-refractivity contribution in [3.05, 3.63) is 10.9 Å². The summed E-state index contributed by atoms with van der Waals surface area (Å²) in [5, 5.41) is 10.9. The first-order valence-corrected chi connectivity index (χ1v) is 7.17. The van der Waals surface area contributed by atoms with Gasteiger partial charge >= 0.3 is 0 Å². The van der Waals surface area contributed by atoms with Crippen molar-refractivity contribution in [3.8, 4) is 0 Å². The summed E-state index contributed by atoms with van der Waals surface area (Å²) in [5.41, 5.74) is 2.51. The second-order valence-electron chi connectivity index (χ2n) is 4.83. The first-order valence-electron chi connectivity index (χ1n) is 6.35.